The molecule has 0 heterocycles. The highest BCUT2D eigenvalue weighted by Crippen LogP contribution is 2.10. The van der Waals surface area contributed by atoms with Gasteiger partial charge in [0, 0.05) is 5.69 Å². The lowest BCUT2D eigenvalue weighted by atomic mass is 10.2. The van der Waals surface area contributed by atoms with Crippen molar-refractivity contribution in [1.29, 1.82) is 0 Å². The number of benzene rings is 2. The quantitative estimate of drug-likeness (QED) is 0.662. The Morgan fingerprint density at radius 2 is 1.61 bits per heavy atom. The van der Waals surface area contributed by atoms with E-state index in [4.69, 9.17) is 0 Å². The van der Waals surface area contributed by atoms with Crippen molar-refractivity contribution in [2.75, 3.05) is 11.6 Å². The van der Waals surface area contributed by atoms with E-state index in [9.17, 15) is 0 Å². The van der Waals surface area contributed by atoms with E-state index in [0.29, 0.717) is 6.54 Å². The van der Waals surface area contributed by atoms with Crippen LogP contribution in [0.15, 0.2) is 65.7 Å². The Hall–Kier alpha value is -1.74. The van der Waals surface area contributed by atoms with Crippen molar-refractivity contribution in [1.82, 2.24) is 0 Å². The highest BCUT2D eigenvalue weighted by atomic mass is 32.2. The van der Waals surface area contributed by atoms with Crippen molar-refractivity contribution in [2.45, 2.75) is 6.54 Å². The second-order valence-corrected chi connectivity index (χ2v) is 4.60. The summed E-state index contributed by atoms with van der Waals surface area (Å²) in [6, 6.07) is 20.4. The highest BCUT2D eigenvalue weighted by molar-refractivity contribution is 8.13. The minimum absolute atomic E-state index is 0.705. The first-order chi connectivity index (χ1) is 8.88. The number of hydrogen-bond acceptors (Lipinski definition) is 2. The summed E-state index contributed by atoms with van der Waals surface area (Å²) in [6.07, 6.45) is 2.03. The number of nitrogens with one attached hydrogen (secondary N) is 1. The van der Waals surface area contributed by atoms with E-state index in [1.165, 1.54) is 5.56 Å². The van der Waals surface area contributed by atoms with E-state index in [2.05, 4.69) is 22.4 Å². The molecule has 0 saturated carbocycles. The van der Waals surface area contributed by atoms with E-state index >= 15 is 0 Å². The molecule has 92 valence electrons. The van der Waals surface area contributed by atoms with Crippen molar-refractivity contribution in [3.8, 4) is 0 Å². The van der Waals surface area contributed by atoms with Crippen molar-refractivity contribution < 1.29 is 0 Å². The number of amidine groups is 1. The summed E-state index contributed by atoms with van der Waals surface area (Å²) in [6.45, 7) is 0.705. The van der Waals surface area contributed by atoms with Crippen LogP contribution in [-0.4, -0.2) is 11.4 Å². The molecule has 0 saturated heterocycles. The molecule has 0 bridgehead atoms. The predicted molar refractivity (Wildman–Crippen MR) is 81.2 cm³/mol. The van der Waals surface area contributed by atoms with Gasteiger partial charge >= 0.3 is 0 Å². The Morgan fingerprint density at radius 3 is 2.22 bits per heavy atom. The Morgan fingerprint density at radius 1 is 1.00 bits per heavy atom. The van der Waals surface area contributed by atoms with Crippen LogP contribution in [0.4, 0.5) is 5.69 Å². The fourth-order valence-electron chi connectivity index (χ4n) is 1.55. The van der Waals surface area contributed by atoms with Gasteiger partial charge in [-0.2, -0.15) is 0 Å². The number of para-hydroxylation sites is 1. The van der Waals surface area contributed by atoms with Gasteiger partial charge in [0.05, 0.1) is 6.54 Å². The SMILES string of the molecule is CSC(=NCc1ccccc1)Nc1ccccc1. The van der Waals surface area contributed by atoms with E-state index in [1.54, 1.807) is 11.8 Å². The summed E-state index contributed by atoms with van der Waals surface area (Å²) in [5.74, 6) is 0. The second-order valence-electron chi connectivity index (χ2n) is 3.80. The first-order valence-electron chi connectivity index (χ1n) is 5.83. The number of rotatable bonds is 3. The average Bonchev–Trinajstić information content (AvgIpc) is 2.45. The summed E-state index contributed by atoms with van der Waals surface area (Å²) in [7, 11) is 0. The van der Waals surface area contributed by atoms with Gasteiger partial charge in [-0.25, -0.2) is 0 Å². The lowest BCUT2D eigenvalue weighted by Crippen LogP contribution is -2.07. The van der Waals surface area contributed by atoms with Crippen LogP contribution in [-0.2, 0) is 6.54 Å². The lowest BCUT2D eigenvalue weighted by Gasteiger charge is -2.07. The molecule has 2 rings (SSSR count). The topological polar surface area (TPSA) is 24.4 Å². The summed E-state index contributed by atoms with van der Waals surface area (Å²) in [5.41, 5.74) is 2.29. The maximum Gasteiger partial charge on any atom is 0.161 e. The van der Waals surface area contributed by atoms with Crippen LogP contribution in [0.3, 0.4) is 0 Å². The molecule has 0 aliphatic rings. The van der Waals surface area contributed by atoms with Gasteiger partial charge < -0.3 is 5.32 Å². The minimum Gasteiger partial charge on any atom is -0.335 e. The molecule has 0 spiro atoms. The summed E-state index contributed by atoms with van der Waals surface area (Å²) >= 11 is 1.62. The molecule has 0 unspecified atom stereocenters. The molecular weight excluding hydrogens is 240 g/mol. The monoisotopic (exact) mass is 256 g/mol. The molecule has 0 amide bonds. The Labute approximate surface area is 112 Å². The van der Waals surface area contributed by atoms with Gasteiger partial charge in [-0.3, -0.25) is 4.99 Å². The number of anilines is 1. The number of hydrogen-bond donors (Lipinski definition) is 1. The molecule has 0 fully saturated rings. The van der Waals surface area contributed by atoms with Crippen LogP contribution in [0, 0.1) is 0 Å². The first kappa shape index (κ1) is 12.7. The molecule has 0 aliphatic heterocycles. The lowest BCUT2D eigenvalue weighted by molar-refractivity contribution is 1.07. The summed E-state index contributed by atoms with van der Waals surface area (Å²) in [4.78, 5) is 4.58. The zero-order valence-corrected chi connectivity index (χ0v) is 11.2. The van der Waals surface area contributed by atoms with E-state index < -0.39 is 0 Å². The van der Waals surface area contributed by atoms with Crippen molar-refractivity contribution in [2.24, 2.45) is 4.99 Å². The van der Waals surface area contributed by atoms with Crippen molar-refractivity contribution in [3.05, 3.63) is 66.2 Å². The van der Waals surface area contributed by atoms with Crippen LogP contribution < -0.4 is 5.32 Å². The largest absolute Gasteiger partial charge is 0.335 e. The predicted octanol–water partition coefficient (Wildman–Crippen LogP) is 4.02. The van der Waals surface area contributed by atoms with E-state index in [0.717, 1.165) is 10.9 Å². The fraction of sp³-hybridized carbons (Fsp3) is 0.133. The molecule has 0 atom stereocenters. The molecule has 3 heteroatoms. The molecule has 2 nitrogen and oxygen atoms in total. The van der Waals surface area contributed by atoms with Gasteiger partial charge in [-0.05, 0) is 24.0 Å². The zero-order valence-electron chi connectivity index (χ0n) is 10.3. The van der Waals surface area contributed by atoms with Gasteiger partial charge in [-0.1, -0.05) is 60.3 Å². The Kier molecular flexibility index (Phi) is 4.85. The zero-order chi connectivity index (χ0) is 12.6. The van der Waals surface area contributed by atoms with E-state index in [-0.39, 0.29) is 0 Å². The van der Waals surface area contributed by atoms with E-state index in [1.807, 2.05) is 54.8 Å². The highest BCUT2D eigenvalue weighted by Gasteiger charge is 1.97. The van der Waals surface area contributed by atoms with Crippen LogP contribution in [0.25, 0.3) is 0 Å². The smallest absolute Gasteiger partial charge is 0.161 e. The van der Waals surface area contributed by atoms with Crippen LogP contribution >= 0.6 is 11.8 Å². The summed E-state index contributed by atoms with van der Waals surface area (Å²) < 4.78 is 0. The average molecular weight is 256 g/mol. The molecule has 1 N–H and O–H groups in total. The normalized spacial score (nSPS) is 11.3. The maximum atomic E-state index is 4.58. The van der Waals surface area contributed by atoms with Gasteiger partial charge in [0.25, 0.3) is 0 Å². The van der Waals surface area contributed by atoms with Crippen molar-refractivity contribution >= 4 is 22.6 Å². The number of aliphatic imine (C=N–C) groups is 1. The molecular formula is C15H16N2S. The molecule has 2 aromatic carbocycles. The van der Waals surface area contributed by atoms with Crippen LogP contribution in [0.2, 0.25) is 0 Å². The minimum atomic E-state index is 0.705. The summed E-state index contributed by atoms with van der Waals surface area (Å²) in [5, 5.41) is 4.25. The standard InChI is InChI=1S/C15H16N2S/c1-18-15(17-14-10-6-3-7-11-14)16-12-13-8-4-2-5-9-13/h2-11H,12H2,1H3,(H,16,17). The third-order valence-electron chi connectivity index (χ3n) is 2.47. The molecule has 2 aromatic rings. The molecule has 18 heavy (non-hydrogen) atoms. The van der Waals surface area contributed by atoms with Gasteiger partial charge in [0.15, 0.2) is 5.17 Å². The van der Waals surface area contributed by atoms with Crippen LogP contribution in [0.5, 0.6) is 0 Å². The second kappa shape index (κ2) is 6.87. The van der Waals surface area contributed by atoms with Crippen molar-refractivity contribution in [3.63, 3.8) is 0 Å². The fourth-order valence-corrected chi connectivity index (χ4v) is 1.96. The maximum absolute atomic E-state index is 4.58. The third-order valence-corrected chi connectivity index (χ3v) is 3.08. The number of thioether (sulfide) groups is 1. The molecule has 0 radical (unpaired) electrons. The molecule has 0 aliphatic carbocycles. The third kappa shape index (κ3) is 3.93. The van der Waals surface area contributed by atoms with Gasteiger partial charge in [0.2, 0.25) is 0 Å². The number of nitrogens with zero attached hydrogens (tertiary/aromatic N) is 1. The molecule has 0 aromatic heterocycles. The Bertz CT molecular complexity index is 494. The Balaban J connectivity index is 2.00. The van der Waals surface area contributed by atoms with Crippen LogP contribution in [0.1, 0.15) is 5.56 Å². The van der Waals surface area contributed by atoms with Gasteiger partial charge in [0.1, 0.15) is 0 Å². The van der Waals surface area contributed by atoms with Gasteiger partial charge in [-0.15, -0.1) is 0 Å². The first-order valence-corrected chi connectivity index (χ1v) is 7.05.